The maximum atomic E-state index is 12.2. The van der Waals surface area contributed by atoms with Crippen LogP contribution in [-0.2, 0) is 0 Å². The lowest BCUT2D eigenvalue weighted by atomic mass is 10.2. The standard InChI is InChI=1S/C17H16ClN7O/c1-10-4-3-7-20-14(10)23-15-13(19)16(22-9-21-15)24-25-17(26)11-5-2-6-12(18)8-11/h2-9H,19H2,1H3,(H,25,26)(H2,20,21,22,23,24). The van der Waals surface area contributed by atoms with Crippen LogP contribution in [0.2, 0.25) is 5.02 Å². The quantitative estimate of drug-likeness (QED) is 0.510. The molecule has 0 saturated heterocycles. The molecule has 0 aliphatic rings. The van der Waals surface area contributed by atoms with Crippen LogP contribution in [0.25, 0.3) is 0 Å². The molecule has 132 valence electrons. The van der Waals surface area contributed by atoms with Crippen molar-refractivity contribution in [2.75, 3.05) is 16.5 Å². The van der Waals surface area contributed by atoms with Crippen LogP contribution < -0.4 is 21.9 Å². The average Bonchev–Trinajstić information content (AvgIpc) is 2.64. The van der Waals surface area contributed by atoms with E-state index in [1.807, 2.05) is 19.1 Å². The molecular formula is C17H16ClN7O. The molecule has 0 spiro atoms. The van der Waals surface area contributed by atoms with E-state index in [0.29, 0.717) is 22.2 Å². The number of rotatable bonds is 5. The molecule has 0 fully saturated rings. The van der Waals surface area contributed by atoms with Crippen molar-refractivity contribution in [3.63, 3.8) is 0 Å². The Bertz CT molecular complexity index is 948. The molecule has 0 unspecified atom stereocenters. The van der Waals surface area contributed by atoms with Gasteiger partial charge in [-0.3, -0.25) is 15.6 Å². The fraction of sp³-hybridized carbons (Fsp3) is 0.0588. The number of nitrogens with one attached hydrogen (secondary N) is 3. The molecule has 2 heterocycles. The molecule has 1 amide bonds. The smallest absolute Gasteiger partial charge is 0.269 e. The number of aromatic nitrogens is 3. The first kappa shape index (κ1) is 17.4. The summed E-state index contributed by atoms with van der Waals surface area (Å²) in [6, 6.07) is 10.3. The minimum absolute atomic E-state index is 0.240. The van der Waals surface area contributed by atoms with Gasteiger partial charge in [0.15, 0.2) is 11.6 Å². The number of benzene rings is 1. The lowest BCUT2D eigenvalue weighted by Crippen LogP contribution is -2.30. The first-order valence-corrected chi connectivity index (χ1v) is 8.03. The van der Waals surface area contributed by atoms with Crippen LogP contribution >= 0.6 is 11.6 Å². The van der Waals surface area contributed by atoms with Crippen LogP contribution in [0.4, 0.5) is 23.1 Å². The number of carbonyl (C=O) groups is 1. The van der Waals surface area contributed by atoms with E-state index in [2.05, 4.69) is 31.1 Å². The monoisotopic (exact) mass is 369 g/mol. The minimum atomic E-state index is -0.374. The highest BCUT2D eigenvalue weighted by Crippen LogP contribution is 2.25. The van der Waals surface area contributed by atoms with Crippen LogP contribution in [0.5, 0.6) is 0 Å². The van der Waals surface area contributed by atoms with Crippen LogP contribution in [-0.4, -0.2) is 20.9 Å². The topological polar surface area (TPSA) is 118 Å². The van der Waals surface area contributed by atoms with Crippen molar-refractivity contribution < 1.29 is 4.79 Å². The molecule has 0 radical (unpaired) electrons. The van der Waals surface area contributed by atoms with Crippen molar-refractivity contribution in [3.05, 3.63) is 65.1 Å². The zero-order valence-electron chi connectivity index (χ0n) is 13.8. The highest BCUT2D eigenvalue weighted by atomic mass is 35.5. The molecule has 0 saturated carbocycles. The van der Waals surface area contributed by atoms with Gasteiger partial charge in [0.1, 0.15) is 17.8 Å². The normalized spacial score (nSPS) is 10.2. The van der Waals surface area contributed by atoms with Gasteiger partial charge < -0.3 is 11.1 Å². The number of anilines is 4. The maximum absolute atomic E-state index is 12.2. The van der Waals surface area contributed by atoms with E-state index in [4.69, 9.17) is 17.3 Å². The first-order valence-electron chi connectivity index (χ1n) is 7.65. The van der Waals surface area contributed by atoms with Crippen LogP contribution in [0, 0.1) is 6.92 Å². The Morgan fingerprint density at radius 2 is 1.88 bits per heavy atom. The van der Waals surface area contributed by atoms with Gasteiger partial charge in [-0.25, -0.2) is 15.0 Å². The van der Waals surface area contributed by atoms with Gasteiger partial charge in [-0.2, -0.15) is 0 Å². The van der Waals surface area contributed by atoms with Crippen LogP contribution in [0.15, 0.2) is 48.9 Å². The molecule has 1 aromatic carbocycles. The number of hydrazine groups is 1. The summed E-state index contributed by atoms with van der Waals surface area (Å²) in [5, 5.41) is 3.52. The summed E-state index contributed by atoms with van der Waals surface area (Å²) in [7, 11) is 0. The van der Waals surface area contributed by atoms with Gasteiger partial charge in [0, 0.05) is 16.8 Å². The molecule has 3 aromatic rings. The molecule has 8 nitrogen and oxygen atoms in total. The van der Waals surface area contributed by atoms with Crippen molar-refractivity contribution in [2.45, 2.75) is 6.92 Å². The van der Waals surface area contributed by atoms with E-state index in [1.165, 1.54) is 6.33 Å². The van der Waals surface area contributed by atoms with Gasteiger partial charge in [-0.15, -0.1) is 0 Å². The summed E-state index contributed by atoms with van der Waals surface area (Å²) in [6.45, 7) is 1.91. The number of halogens is 1. The fourth-order valence-electron chi connectivity index (χ4n) is 2.14. The Morgan fingerprint density at radius 3 is 2.65 bits per heavy atom. The molecule has 0 bridgehead atoms. The summed E-state index contributed by atoms with van der Waals surface area (Å²) in [4.78, 5) is 24.5. The van der Waals surface area contributed by atoms with Crippen molar-refractivity contribution in [1.82, 2.24) is 20.4 Å². The minimum Gasteiger partial charge on any atom is -0.393 e. The van der Waals surface area contributed by atoms with Crippen LogP contribution in [0.1, 0.15) is 15.9 Å². The van der Waals surface area contributed by atoms with E-state index in [-0.39, 0.29) is 17.4 Å². The number of carbonyl (C=O) groups excluding carboxylic acids is 1. The number of hydrogen-bond donors (Lipinski definition) is 4. The fourth-order valence-corrected chi connectivity index (χ4v) is 2.33. The number of nitrogens with zero attached hydrogens (tertiary/aromatic N) is 3. The summed E-state index contributed by atoms with van der Waals surface area (Å²) in [5.74, 6) is 0.889. The van der Waals surface area contributed by atoms with Gasteiger partial charge in [0.25, 0.3) is 5.91 Å². The highest BCUT2D eigenvalue weighted by molar-refractivity contribution is 6.30. The van der Waals surface area contributed by atoms with Crippen molar-refractivity contribution >= 4 is 40.6 Å². The Morgan fingerprint density at radius 1 is 1.08 bits per heavy atom. The van der Waals surface area contributed by atoms with E-state index >= 15 is 0 Å². The van der Waals surface area contributed by atoms with Gasteiger partial charge in [-0.05, 0) is 36.8 Å². The lowest BCUT2D eigenvalue weighted by molar-refractivity contribution is 0.0962. The number of hydrogen-bond acceptors (Lipinski definition) is 7. The third kappa shape index (κ3) is 3.98. The first-order chi connectivity index (χ1) is 12.5. The molecule has 9 heteroatoms. The maximum Gasteiger partial charge on any atom is 0.269 e. The Kier molecular flexibility index (Phi) is 5.14. The van der Waals surface area contributed by atoms with Gasteiger partial charge in [0.2, 0.25) is 0 Å². The van der Waals surface area contributed by atoms with Crippen molar-refractivity contribution in [1.29, 1.82) is 0 Å². The largest absolute Gasteiger partial charge is 0.393 e. The van der Waals surface area contributed by atoms with Crippen molar-refractivity contribution in [3.8, 4) is 0 Å². The van der Waals surface area contributed by atoms with Crippen molar-refractivity contribution in [2.24, 2.45) is 0 Å². The molecule has 0 atom stereocenters. The third-order valence-corrected chi connectivity index (χ3v) is 3.75. The highest BCUT2D eigenvalue weighted by Gasteiger charge is 2.11. The van der Waals surface area contributed by atoms with Gasteiger partial charge >= 0.3 is 0 Å². The number of aryl methyl sites for hydroxylation is 1. The second-order valence-electron chi connectivity index (χ2n) is 5.37. The van der Waals surface area contributed by atoms with E-state index in [0.717, 1.165) is 5.56 Å². The molecule has 0 aliphatic heterocycles. The third-order valence-electron chi connectivity index (χ3n) is 3.51. The number of nitrogen functional groups attached to an aromatic ring is 1. The number of pyridine rings is 1. The summed E-state index contributed by atoms with van der Waals surface area (Å²) >= 11 is 5.89. The van der Waals surface area contributed by atoms with Gasteiger partial charge in [-0.1, -0.05) is 23.7 Å². The molecule has 0 aliphatic carbocycles. The Labute approximate surface area is 154 Å². The predicted molar refractivity (Wildman–Crippen MR) is 101 cm³/mol. The Hall–Kier alpha value is -3.39. The van der Waals surface area contributed by atoms with E-state index < -0.39 is 0 Å². The second kappa shape index (κ2) is 7.66. The Balaban J connectivity index is 1.73. The summed E-state index contributed by atoms with van der Waals surface area (Å²) < 4.78 is 0. The zero-order valence-corrected chi connectivity index (χ0v) is 14.6. The number of nitrogens with two attached hydrogens (primary N) is 1. The summed E-state index contributed by atoms with van der Waals surface area (Å²) in [6.07, 6.45) is 2.99. The SMILES string of the molecule is Cc1cccnc1Nc1ncnc(NNC(=O)c2cccc(Cl)c2)c1N. The van der Waals surface area contributed by atoms with Crippen LogP contribution in [0.3, 0.4) is 0 Å². The molecule has 3 rings (SSSR count). The second-order valence-corrected chi connectivity index (χ2v) is 5.80. The van der Waals surface area contributed by atoms with E-state index in [1.54, 1.807) is 30.5 Å². The average molecular weight is 370 g/mol. The molecule has 26 heavy (non-hydrogen) atoms. The summed E-state index contributed by atoms with van der Waals surface area (Å²) in [5.41, 5.74) is 12.9. The van der Waals surface area contributed by atoms with Gasteiger partial charge in [0.05, 0.1) is 0 Å². The molecular weight excluding hydrogens is 354 g/mol. The lowest BCUT2D eigenvalue weighted by Gasteiger charge is -2.13. The predicted octanol–water partition coefficient (Wildman–Crippen LogP) is 2.92. The molecule has 5 N–H and O–H groups in total. The molecule has 2 aromatic heterocycles. The van der Waals surface area contributed by atoms with E-state index in [9.17, 15) is 4.79 Å². The number of amides is 1. The zero-order chi connectivity index (χ0) is 18.5.